The van der Waals surface area contributed by atoms with Crippen molar-refractivity contribution in [1.82, 2.24) is 4.90 Å². The van der Waals surface area contributed by atoms with Crippen LogP contribution in [0.15, 0.2) is 48.5 Å². The lowest BCUT2D eigenvalue weighted by atomic mass is 10.2. The monoisotopic (exact) mass is 498 g/mol. The highest BCUT2D eigenvalue weighted by molar-refractivity contribution is 7.92. The van der Waals surface area contributed by atoms with Crippen LogP contribution in [0.3, 0.4) is 0 Å². The first kappa shape index (κ1) is 25.8. The zero-order valence-corrected chi connectivity index (χ0v) is 20.0. The first-order chi connectivity index (χ1) is 15.9. The third-order valence-corrected chi connectivity index (χ3v) is 6.84. The van der Waals surface area contributed by atoms with E-state index in [1.54, 1.807) is 0 Å². The number of nitrogens with one attached hydrogen (secondary N) is 1. The van der Waals surface area contributed by atoms with Gasteiger partial charge in [-0.2, -0.15) is 13.2 Å². The summed E-state index contributed by atoms with van der Waals surface area (Å²) in [5.74, 6) is -0.301. The van der Waals surface area contributed by atoms with Crippen molar-refractivity contribution < 1.29 is 26.4 Å². The van der Waals surface area contributed by atoms with Gasteiger partial charge in [0.2, 0.25) is 15.9 Å². The zero-order chi connectivity index (χ0) is 24.9. The van der Waals surface area contributed by atoms with E-state index in [1.165, 1.54) is 6.07 Å². The van der Waals surface area contributed by atoms with Crippen LogP contribution in [0.1, 0.15) is 18.4 Å². The highest BCUT2D eigenvalue weighted by Crippen LogP contribution is 2.32. The number of halogens is 3. The van der Waals surface area contributed by atoms with Gasteiger partial charge in [0.05, 0.1) is 17.5 Å². The Kier molecular flexibility index (Phi) is 8.09. The fourth-order valence-corrected chi connectivity index (χ4v) is 4.71. The number of sulfonamides is 1. The normalized spacial score (nSPS) is 15.3. The van der Waals surface area contributed by atoms with E-state index in [9.17, 15) is 26.4 Å². The largest absolute Gasteiger partial charge is 0.416 e. The zero-order valence-electron chi connectivity index (χ0n) is 19.2. The fourth-order valence-electron chi connectivity index (χ4n) is 3.75. The molecule has 0 unspecified atom stereocenters. The van der Waals surface area contributed by atoms with Crippen molar-refractivity contribution in [3.63, 3.8) is 0 Å². The van der Waals surface area contributed by atoms with Gasteiger partial charge in [0.15, 0.2) is 0 Å². The van der Waals surface area contributed by atoms with Crippen molar-refractivity contribution in [3.05, 3.63) is 54.1 Å². The number of amides is 1. The van der Waals surface area contributed by atoms with Crippen molar-refractivity contribution in [3.8, 4) is 0 Å². The first-order valence-corrected chi connectivity index (χ1v) is 12.8. The second-order valence-corrected chi connectivity index (χ2v) is 10.3. The molecule has 0 aromatic heterocycles. The molecule has 1 saturated heterocycles. The van der Waals surface area contributed by atoms with E-state index >= 15 is 0 Å². The lowest BCUT2D eigenvalue weighted by Gasteiger charge is -2.34. The molecule has 186 valence electrons. The summed E-state index contributed by atoms with van der Waals surface area (Å²) < 4.78 is 64.3. The van der Waals surface area contributed by atoms with Gasteiger partial charge in [-0.3, -0.25) is 9.10 Å². The Morgan fingerprint density at radius 3 is 2.29 bits per heavy atom. The number of carbonyl (C=O) groups excluding carboxylic acids is 1. The van der Waals surface area contributed by atoms with E-state index in [0.717, 1.165) is 60.6 Å². The van der Waals surface area contributed by atoms with Crippen molar-refractivity contribution in [2.45, 2.75) is 19.0 Å². The molecule has 2 aromatic carbocycles. The number of anilines is 3. The Hall–Kier alpha value is -2.79. The molecule has 1 amide bonds. The maximum atomic E-state index is 13.0. The summed E-state index contributed by atoms with van der Waals surface area (Å²) in [5, 5.41) is 2.78. The molecule has 1 N–H and O–H groups in total. The summed E-state index contributed by atoms with van der Waals surface area (Å²) in [5.41, 5.74) is 0.686. The SMILES string of the molecule is CN1CCN(c2ccc(NC(=O)CCCN(c3cccc(C(F)(F)F)c3)S(C)(=O)=O)cc2)CC1. The Labute approximate surface area is 198 Å². The van der Waals surface area contributed by atoms with Crippen LogP contribution in [0.2, 0.25) is 0 Å². The highest BCUT2D eigenvalue weighted by atomic mass is 32.2. The van der Waals surface area contributed by atoms with Crippen LogP contribution in [0, 0.1) is 0 Å². The molecule has 0 saturated carbocycles. The number of rotatable bonds is 8. The van der Waals surface area contributed by atoms with E-state index in [-0.39, 0.29) is 31.0 Å². The Bertz CT molecular complexity index is 1080. The lowest BCUT2D eigenvalue weighted by molar-refractivity contribution is -0.137. The van der Waals surface area contributed by atoms with Crippen LogP contribution in [0.5, 0.6) is 0 Å². The first-order valence-electron chi connectivity index (χ1n) is 10.9. The molecule has 0 spiro atoms. The Morgan fingerprint density at radius 1 is 1.06 bits per heavy atom. The molecule has 1 aliphatic rings. The average Bonchev–Trinajstić information content (AvgIpc) is 2.76. The van der Waals surface area contributed by atoms with Gasteiger partial charge in [-0.25, -0.2) is 8.42 Å². The van der Waals surface area contributed by atoms with E-state index in [0.29, 0.717) is 5.69 Å². The summed E-state index contributed by atoms with van der Waals surface area (Å²) in [6.45, 7) is 3.73. The lowest BCUT2D eigenvalue weighted by Crippen LogP contribution is -2.44. The number of alkyl halides is 3. The molecular formula is C23H29F3N4O3S. The van der Waals surface area contributed by atoms with Crippen LogP contribution < -0.4 is 14.5 Å². The minimum Gasteiger partial charge on any atom is -0.369 e. The molecule has 7 nitrogen and oxygen atoms in total. The summed E-state index contributed by atoms with van der Waals surface area (Å²) in [7, 11) is -1.74. The molecular weight excluding hydrogens is 469 g/mol. The summed E-state index contributed by atoms with van der Waals surface area (Å²) >= 11 is 0. The maximum absolute atomic E-state index is 13.0. The molecule has 0 atom stereocenters. The van der Waals surface area contributed by atoms with Crippen molar-refractivity contribution in [1.29, 1.82) is 0 Å². The predicted molar refractivity (Wildman–Crippen MR) is 128 cm³/mol. The summed E-state index contributed by atoms with van der Waals surface area (Å²) in [4.78, 5) is 16.9. The van der Waals surface area contributed by atoms with E-state index in [1.807, 2.05) is 24.3 Å². The van der Waals surface area contributed by atoms with Gasteiger partial charge in [0, 0.05) is 50.5 Å². The predicted octanol–water partition coefficient (Wildman–Crippen LogP) is 3.64. The number of piperazine rings is 1. The number of hydrogen-bond acceptors (Lipinski definition) is 5. The van der Waals surface area contributed by atoms with E-state index < -0.39 is 21.8 Å². The second-order valence-electron chi connectivity index (χ2n) is 8.37. The molecule has 0 aliphatic carbocycles. The topological polar surface area (TPSA) is 73.0 Å². The number of carbonyl (C=O) groups is 1. The van der Waals surface area contributed by atoms with Crippen LogP contribution in [0.4, 0.5) is 30.2 Å². The number of benzene rings is 2. The number of hydrogen-bond donors (Lipinski definition) is 1. The van der Waals surface area contributed by atoms with Gasteiger partial charge in [0.25, 0.3) is 0 Å². The minimum absolute atomic E-state index is 0.0190. The Morgan fingerprint density at radius 2 is 1.71 bits per heavy atom. The average molecular weight is 499 g/mol. The molecule has 0 bridgehead atoms. The van der Waals surface area contributed by atoms with Crippen LogP contribution >= 0.6 is 0 Å². The molecule has 11 heteroatoms. The maximum Gasteiger partial charge on any atom is 0.416 e. The molecule has 2 aromatic rings. The smallest absolute Gasteiger partial charge is 0.369 e. The third-order valence-electron chi connectivity index (χ3n) is 5.65. The van der Waals surface area contributed by atoms with E-state index in [2.05, 4.69) is 22.2 Å². The summed E-state index contributed by atoms with van der Waals surface area (Å²) in [6, 6.07) is 11.7. The Balaban J connectivity index is 1.55. The number of likely N-dealkylation sites (N-methyl/N-ethyl adjacent to an activating group) is 1. The summed E-state index contributed by atoms with van der Waals surface area (Å²) in [6.07, 6.45) is -3.49. The quantitative estimate of drug-likeness (QED) is 0.602. The van der Waals surface area contributed by atoms with Gasteiger partial charge in [-0.15, -0.1) is 0 Å². The standard InChI is InChI=1S/C23H29F3N4O3S/c1-28-13-15-29(16-14-28)20-10-8-19(9-11-20)27-22(31)7-4-12-30(34(2,32)33)21-6-3-5-18(17-21)23(24,25)26/h3,5-6,8-11,17H,4,7,12-16H2,1-2H3,(H,27,31). The molecule has 1 aliphatic heterocycles. The van der Waals surface area contributed by atoms with Crippen molar-refractivity contribution >= 4 is 33.0 Å². The van der Waals surface area contributed by atoms with Gasteiger partial charge in [-0.1, -0.05) is 6.07 Å². The molecule has 0 radical (unpaired) electrons. The molecule has 1 fully saturated rings. The van der Waals surface area contributed by atoms with E-state index in [4.69, 9.17) is 0 Å². The minimum atomic E-state index is -4.58. The van der Waals surface area contributed by atoms with Crippen molar-refractivity contribution in [2.75, 3.05) is 60.5 Å². The van der Waals surface area contributed by atoms with Crippen molar-refractivity contribution in [2.24, 2.45) is 0 Å². The highest BCUT2D eigenvalue weighted by Gasteiger charge is 2.31. The molecule has 1 heterocycles. The van der Waals surface area contributed by atoms with Crippen LogP contribution in [-0.4, -0.2) is 65.3 Å². The second kappa shape index (κ2) is 10.6. The number of nitrogens with zero attached hydrogens (tertiary/aromatic N) is 3. The molecule has 3 rings (SSSR count). The van der Waals surface area contributed by atoms with Crippen LogP contribution in [0.25, 0.3) is 0 Å². The van der Waals surface area contributed by atoms with Gasteiger partial charge >= 0.3 is 6.18 Å². The van der Waals surface area contributed by atoms with Gasteiger partial charge in [0.1, 0.15) is 0 Å². The third kappa shape index (κ3) is 7.10. The molecule has 34 heavy (non-hydrogen) atoms. The van der Waals surface area contributed by atoms with Gasteiger partial charge < -0.3 is 15.1 Å². The van der Waals surface area contributed by atoms with Crippen LogP contribution in [-0.2, 0) is 21.0 Å². The van der Waals surface area contributed by atoms with Gasteiger partial charge in [-0.05, 0) is 55.9 Å². The fraction of sp³-hybridized carbons (Fsp3) is 0.435.